The van der Waals surface area contributed by atoms with Gasteiger partial charge in [-0.2, -0.15) is 0 Å². The molecule has 2 aromatic rings. The Bertz CT molecular complexity index is 782. The summed E-state index contributed by atoms with van der Waals surface area (Å²) in [5.41, 5.74) is 1.76. The van der Waals surface area contributed by atoms with E-state index >= 15 is 0 Å². The Morgan fingerprint density at radius 3 is 2.15 bits per heavy atom. The van der Waals surface area contributed by atoms with Crippen LogP contribution in [0.3, 0.4) is 0 Å². The molecule has 0 amide bonds. The summed E-state index contributed by atoms with van der Waals surface area (Å²) in [6.45, 7) is 1.10. The summed E-state index contributed by atoms with van der Waals surface area (Å²) >= 11 is 5.21. The molecule has 0 aliphatic rings. The summed E-state index contributed by atoms with van der Waals surface area (Å²) < 4.78 is 1.56. The van der Waals surface area contributed by atoms with E-state index in [0.29, 0.717) is 5.69 Å². The SMILES string of the molecule is Cc1ccc(-n2c(C(O)[C@H](O)[C@@H](O)[C@H](O)[C@H](O)CO)ccnc2=S)cc1. The topological polar surface area (TPSA) is 139 Å². The Balaban J connectivity index is 2.40. The van der Waals surface area contributed by atoms with Gasteiger partial charge >= 0.3 is 0 Å². The van der Waals surface area contributed by atoms with Crippen molar-refractivity contribution in [2.75, 3.05) is 6.61 Å². The zero-order valence-electron chi connectivity index (χ0n) is 14.0. The third kappa shape index (κ3) is 4.33. The Morgan fingerprint density at radius 1 is 0.962 bits per heavy atom. The van der Waals surface area contributed by atoms with Crippen LogP contribution in [0.5, 0.6) is 0 Å². The van der Waals surface area contributed by atoms with Gasteiger partial charge in [0.15, 0.2) is 0 Å². The van der Waals surface area contributed by atoms with Crippen LogP contribution in [-0.4, -0.2) is 71.2 Å². The van der Waals surface area contributed by atoms with E-state index in [9.17, 15) is 25.5 Å². The summed E-state index contributed by atoms with van der Waals surface area (Å²) in [6.07, 6.45) is -7.55. The lowest BCUT2D eigenvalue weighted by Crippen LogP contribution is -2.48. The highest BCUT2D eigenvalue weighted by molar-refractivity contribution is 7.71. The lowest BCUT2D eigenvalue weighted by Gasteiger charge is -2.29. The van der Waals surface area contributed by atoms with Gasteiger partial charge in [-0.15, -0.1) is 0 Å². The molecule has 0 saturated carbocycles. The average molecular weight is 382 g/mol. The van der Waals surface area contributed by atoms with Gasteiger partial charge in [0.2, 0.25) is 4.77 Å². The molecule has 0 spiro atoms. The second-order valence-corrected chi connectivity index (χ2v) is 6.35. The molecular weight excluding hydrogens is 360 g/mol. The van der Waals surface area contributed by atoms with E-state index in [4.69, 9.17) is 17.3 Å². The summed E-state index contributed by atoms with van der Waals surface area (Å²) in [5.74, 6) is 0. The fourth-order valence-corrected chi connectivity index (χ4v) is 2.78. The highest BCUT2D eigenvalue weighted by atomic mass is 32.1. The number of aromatic nitrogens is 2. The zero-order chi connectivity index (χ0) is 19.4. The minimum atomic E-state index is -1.90. The van der Waals surface area contributed by atoms with Crippen molar-refractivity contribution in [1.82, 2.24) is 9.55 Å². The summed E-state index contributed by atoms with van der Waals surface area (Å²) in [5, 5.41) is 58.8. The molecule has 8 nitrogen and oxygen atoms in total. The molecule has 6 N–H and O–H groups in total. The maximum absolute atomic E-state index is 10.5. The largest absolute Gasteiger partial charge is 0.394 e. The minimum absolute atomic E-state index is 0.128. The van der Waals surface area contributed by atoms with Gasteiger partial charge in [0.05, 0.1) is 12.3 Å². The van der Waals surface area contributed by atoms with E-state index in [1.807, 2.05) is 19.1 Å². The van der Waals surface area contributed by atoms with E-state index < -0.39 is 37.1 Å². The highest BCUT2D eigenvalue weighted by Crippen LogP contribution is 2.24. The van der Waals surface area contributed by atoms with Crippen molar-refractivity contribution in [2.45, 2.75) is 37.4 Å². The van der Waals surface area contributed by atoms with Gasteiger partial charge in [0.25, 0.3) is 0 Å². The normalized spacial score (nSPS) is 17.3. The smallest absolute Gasteiger partial charge is 0.204 e. The number of aliphatic hydroxyl groups is 6. The Morgan fingerprint density at radius 2 is 1.58 bits per heavy atom. The van der Waals surface area contributed by atoms with Crippen LogP contribution in [-0.2, 0) is 0 Å². The average Bonchev–Trinajstić information content (AvgIpc) is 2.65. The summed E-state index contributed by atoms with van der Waals surface area (Å²) in [7, 11) is 0. The fourth-order valence-electron chi connectivity index (χ4n) is 2.50. The monoisotopic (exact) mass is 382 g/mol. The van der Waals surface area contributed by atoms with Crippen LogP contribution < -0.4 is 0 Å². The Hall–Kier alpha value is -1.72. The first-order valence-corrected chi connectivity index (χ1v) is 8.35. The minimum Gasteiger partial charge on any atom is -0.394 e. The predicted octanol–water partition coefficient (Wildman–Crippen LogP) is -0.620. The molecule has 0 saturated heterocycles. The Kier molecular flexibility index (Phi) is 6.95. The molecule has 0 fully saturated rings. The first kappa shape index (κ1) is 20.6. The molecule has 5 atom stereocenters. The van der Waals surface area contributed by atoms with Crippen LogP contribution in [0.4, 0.5) is 0 Å². The molecule has 9 heteroatoms. The molecule has 1 aromatic carbocycles. The molecule has 0 aliphatic heterocycles. The number of aryl methyl sites for hydroxylation is 1. The first-order valence-electron chi connectivity index (χ1n) is 7.94. The molecule has 0 aliphatic carbocycles. The molecule has 1 unspecified atom stereocenters. The van der Waals surface area contributed by atoms with Crippen molar-refractivity contribution in [1.29, 1.82) is 0 Å². The van der Waals surface area contributed by atoms with Crippen molar-refractivity contribution in [3.63, 3.8) is 0 Å². The van der Waals surface area contributed by atoms with E-state index in [0.717, 1.165) is 5.56 Å². The molecule has 2 rings (SSSR count). The van der Waals surface area contributed by atoms with Crippen LogP contribution >= 0.6 is 12.2 Å². The fraction of sp³-hybridized carbons (Fsp3) is 0.412. The van der Waals surface area contributed by atoms with E-state index in [1.54, 1.807) is 12.1 Å². The molecule has 1 aromatic heterocycles. The third-order valence-electron chi connectivity index (χ3n) is 4.08. The van der Waals surface area contributed by atoms with Gasteiger partial charge in [0, 0.05) is 11.9 Å². The maximum Gasteiger partial charge on any atom is 0.204 e. The van der Waals surface area contributed by atoms with Gasteiger partial charge in [-0.3, -0.25) is 4.57 Å². The van der Waals surface area contributed by atoms with Crippen molar-refractivity contribution in [3.05, 3.63) is 52.6 Å². The van der Waals surface area contributed by atoms with Gasteiger partial charge in [-0.05, 0) is 37.3 Å². The molecular formula is C17H22N2O6S. The Labute approximate surface area is 155 Å². The van der Waals surface area contributed by atoms with Crippen molar-refractivity contribution >= 4 is 12.2 Å². The lowest BCUT2D eigenvalue weighted by molar-refractivity contribution is -0.142. The van der Waals surface area contributed by atoms with Gasteiger partial charge < -0.3 is 30.6 Å². The molecule has 0 bridgehead atoms. The predicted molar refractivity (Wildman–Crippen MR) is 95.2 cm³/mol. The zero-order valence-corrected chi connectivity index (χ0v) is 14.9. The second kappa shape index (κ2) is 8.78. The molecule has 1 heterocycles. The van der Waals surface area contributed by atoms with Gasteiger partial charge in [0.1, 0.15) is 30.5 Å². The standard InChI is InChI=1S/C17H22N2O6S/c1-9-2-4-10(5-3-9)19-11(6-7-18-17(19)26)13(22)15(24)16(25)14(23)12(21)8-20/h2-7,12-16,20-25H,8H2,1H3/t12-,13?,14-,15+,16+/m1/s1. The number of benzene rings is 1. The quantitative estimate of drug-likeness (QED) is 0.348. The van der Waals surface area contributed by atoms with Crippen molar-refractivity contribution < 1.29 is 30.6 Å². The molecule has 0 radical (unpaired) electrons. The number of aliphatic hydroxyl groups excluding tert-OH is 6. The van der Waals surface area contributed by atoms with E-state index in [2.05, 4.69) is 4.98 Å². The number of nitrogens with zero attached hydrogens (tertiary/aromatic N) is 2. The van der Waals surface area contributed by atoms with Crippen LogP contribution in [0.1, 0.15) is 17.4 Å². The summed E-state index contributed by atoms with van der Waals surface area (Å²) in [4.78, 5) is 4.00. The van der Waals surface area contributed by atoms with E-state index in [-0.39, 0.29) is 10.5 Å². The summed E-state index contributed by atoms with van der Waals surface area (Å²) in [6, 6.07) is 8.62. The molecule has 142 valence electrons. The highest BCUT2D eigenvalue weighted by Gasteiger charge is 2.35. The number of hydrogen-bond donors (Lipinski definition) is 6. The van der Waals surface area contributed by atoms with Crippen LogP contribution in [0.2, 0.25) is 0 Å². The van der Waals surface area contributed by atoms with Crippen LogP contribution in [0.25, 0.3) is 5.69 Å². The number of rotatable bonds is 7. The second-order valence-electron chi connectivity index (χ2n) is 5.99. The number of hydrogen-bond acceptors (Lipinski definition) is 8. The van der Waals surface area contributed by atoms with Gasteiger partial charge in [-0.1, -0.05) is 17.7 Å². The maximum atomic E-state index is 10.5. The van der Waals surface area contributed by atoms with Crippen LogP contribution in [0, 0.1) is 11.7 Å². The van der Waals surface area contributed by atoms with Gasteiger partial charge in [-0.25, -0.2) is 4.98 Å². The van der Waals surface area contributed by atoms with E-state index in [1.165, 1.54) is 16.8 Å². The van der Waals surface area contributed by atoms with Crippen molar-refractivity contribution in [3.8, 4) is 5.69 Å². The van der Waals surface area contributed by atoms with Crippen LogP contribution in [0.15, 0.2) is 36.5 Å². The van der Waals surface area contributed by atoms with Crippen molar-refractivity contribution in [2.24, 2.45) is 0 Å². The third-order valence-corrected chi connectivity index (χ3v) is 4.37. The first-order chi connectivity index (χ1) is 12.3. The molecule has 26 heavy (non-hydrogen) atoms. The lowest BCUT2D eigenvalue weighted by atomic mass is 9.97.